The Labute approximate surface area is 137 Å². The van der Waals surface area contributed by atoms with Crippen LogP contribution in [0.5, 0.6) is 0 Å². The predicted octanol–water partition coefficient (Wildman–Crippen LogP) is 4.28. The zero-order valence-electron chi connectivity index (χ0n) is 12.4. The molecule has 3 aromatic rings. The van der Waals surface area contributed by atoms with Gasteiger partial charge in [-0.2, -0.15) is 0 Å². The van der Waals surface area contributed by atoms with Crippen LogP contribution in [-0.4, -0.2) is 10.8 Å². The van der Waals surface area contributed by atoms with Crippen molar-refractivity contribution in [3.8, 4) is 0 Å². The highest BCUT2D eigenvalue weighted by Gasteiger charge is 2.21. The average Bonchev–Trinajstić information content (AvgIpc) is 2.53. The van der Waals surface area contributed by atoms with E-state index in [-0.39, 0.29) is 16.6 Å². The van der Waals surface area contributed by atoms with E-state index in [0.717, 1.165) is 5.39 Å². The molecule has 0 saturated carbocycles. The van der Waals surface area contributed by atoms with Crippen molar-refractivity contribution in [2.75, 3.05) is 0 Å². The molecule has 3 rings (SSSR count). The molecule has 0 saturated heterocycles. The van der Waals surface area contributed by atoms with Gasteiger partial charge in [0, 0.05) is 29.4 Å². The van der Waals surface area contributed by atoms with Crippen LogP contribution in [0.25, 0.3) is 10.8 Å². The molecule has 0 radical (unpaired) electrons. The van der Waals surface area contributed by atoms with Crippen molar-refractivity contribution in [1.29, 1.82) is 0 Å². The summed E-state index contributed by atoms with van der Waals surface area (Å²) in [6.45, 7) is 1.73. The summed E-state index contributed by atoms with van der Waals surface area (Å²) >= 11 is 6.15. The van der Waals surface area contributed by atoms with Crippen LogP contribution in [-0.2, 0) is 0 Å². The van der Waals surface area contributed by atoms with Crippen molar-refractivity contribution >= 4 is 28.2 Å². The van der Waals surface area contributed by atoms with Gasteiger partial charge in [-0.1, -0.05) is 29.8 Å². The first-order valence-electron chi connectivity index (χ1n) is 7.11. The first-order chi connectivity index (χ1) is 11.0. The number of benzene rings is 2. The van der Waals surface area contributed by atoms with Gasteiger partial charge >= 0.3 is 0 Å². The van der Waals surface area contributed by atoms with E-state index in [1.54, 1.807) is 37.5 Å². The van der Waals surface area contributed by atoms with E-state index in [1.807, 2.05) is 6.07 Å². The van der Waals surface area contributed by atoms with Gasteiger partial charge in [0.15, 0.2) is 5.78 Å². The lowest BCUT2D eigenvalue weighted by molar-refractivity contribution is 0.103. The van der Waals surface area contributed by atoms with Crippen LogP contribution in [0.4, 0.5) is 4.39 Å². The quantitative estimate of drug-likeness (QED) is 0.730. The third kappa shape index (κ3) is 2.83. The molecule has 1 atom stereocenters. The molecule has 1 heterocycles. The first-order valence-corrected chi connectivity index (χ1v) is 7.49. The molecule has 2 aromatic carbocycles. The maximum atomic E-state index is 14.4. The summed E-state index contributed by atoms with van der Waals surface area (Å²) in [6.07, 6.45) is 3.25. The Hall–Kier alpha value is -2.30. The number of pyridine rings is 1. The molecule has 0 aliphatic rings. The van der Waals surface area contributed by atoms with Gasteiger partial charge in [-0.15, -0.1) is 0 Å². The summed E-state index contributed by atoms with van der Waals surface area (Å²) < 4.78 is 14.4. The summed E-state index contributed by atoms with van der Waals surface area (Å²) in [5, 5.41) is 1.58. The van der Waals surface area contributed by atoms with Gasteiger partial charge in [0.2, 0.25) is 0 Å². The van der Waals surface area contributed by atoms with Crippen molar-refractivity contribution in [2.24, 2.45) is 5.73 Å². The van der Waals surface area contributed by atoms with Gasteiger partial charge in [0.05, 0.1) is 10.6 Å². The SMILES string of the molecule is CC(N)c1cc(F)c(C(=O)c2cccc3cnccc23)c(Cl)c1. The monoisotopic (exact) mass is 328 g/mol. The number of nitrogens with zero attached hydrogens (tertiary/aromatic N) is 1. The van der Waals surface area contributed by atoms with Crippen LogP contribution in [0.3, 0.4) is 0 Å². The number of carbonyl (C=O) groups is 1. The summed E-state index contributed by atoms with van der Waals surface area (Å²) in [5.74, 6) is -1.12. The fourth-order valence-corrected chi connectivity index (χ4v) is 2.83. The molecule has 116 valence electrons. The fourth-order valence-electron chi connectivity index (χ4n) is 2.53. The third-order valence-corrected chi connectivity index (χ3v) is 4.04. The summed E-state index contributed by atoms with van der Waals surface area (Å²) in [6, 6.07) is 9.39. The Balaban J connectivity index is 2.17. The molecule has 0 aliphatic heterocycles. The number of rotatable bonds is 3. The first kappa shape index (κ1) is 15.6. The number of aromatic nitrogens is 1. The fraction of sp³-hybridized carbons (Fsp3) is 0.111. The second-order valence-electron chi connectivity index (χ2n) is 5.38. The normalized spacial score (nSPS) is 12.3. The molecule has 2 N–H and O–H groups in total. The summed E-state index contributed by atoms with van der Waals surface area (Å²) in [5.41, 5.74) is 6.54. The lowest BCUT2D eigenvalue weighted by Crippen LogP contribution is -2.10. The molecule has 0 amide bonds. The van der Waals surface area contributed by atoms with Crippen LogP contribution in [0.1, 0.15) is 34.5 Å². The maximum Gasteiger partial charge on any atom is 0.198 e. The topological polar surface area (TPSA) is 56.0 Å². The second-order valence-corrected chi connectivity index (χ2v) is 5.79. The molecular formula is C18H14ClFN2O. The van der Waals surface area contributed by atoms with Crippen LogP contribution in [0.2, 0.25) is 5.02 Å². The summed E-state index contributed by atoms with van der Waals surface area (Å²) in [7, 11) is 0. The largest absolute Gasteiger partial charge is 0.324 e. The van der Waals surface area contributed by atoms with Crippen LogP contribution in [0.15, 0.2) is 48.8 Å². The van der Waals surface area contributed by atoms with Gasteiger partial charge in [-0.25, -0.2) is 4.39 Å². The molecule has 0 aliphatic carbocycles. The molecule has 23 heavy (non-hydrogen) atoms. The van der Waals surface area contributed by atoms with E-state index in [4.69, 9.17) is 17.3 Å². The molecule has 0 fully saturated rings. The minimum Gasteiger partial charge on any atom is -0.324 e. The molecule has 0 spiro atoms. The molecule has 3 nitrogen and oxygen atoms in total. The van der Waals surface area contributed by atoms with Crippen molar-refractivity contribution < 1.29 is 9.18 Å². The van der Waals surface area contributed by atoms with Gasteiger partial charge in [0.25, 0.3) is 0 Å². The Morgan fingerprint density at radius 3 is 2.78 bits per heavy atom. The lowest BCUT2D eigenvalue weighted by atomic mass is 9.96. The van der Waals surface area contributed by atoms with Crippen molar-refractivity contribution in [3.63, 3.8) is 0 Å². The molecular weight excluding hydrogens is 315 g/mol. The average molecular weight is 329 g/mol. The van der Waals surface area contributed by atoms with Crippen molar-refractivity contribution in [1.82, 2.24) is 4.98 Å². The Morgan fingerprint density at radius 2 is 2.09 bits per heavy atom. The smallest absolute Gasteiger partial charge is 0.198 e. The standard InChI is InChI=1S/C18H14ClFN2O/c1-10(21)12-7-15(19)17(16(20)8-12)18(23)14-4-2-3-11-9-22-6-5-13(11)14/h2-10H,21H2,1H3. The van der Waals surface area contributed by atoms with E-state index in [2.05, 4.69) is 4.98 Å². The number of hydrogen-bond donors (Lipinski definition) is 1. The number of carbonyl (C=O) groups excluding carboxylic acids is 1. The number of ketones is 1. The van der Waals surface area contributed by atoms with Crippen molar-refractivity contribution in [3.05, 3.63) is 76.3 Å². The van der Waals surface area contributed by atoms with E-state index >= 15 is 0 Å². The highest BCUT2D eigenvalue weighted by Crippen LogP contribution is 2.28. The van der Waals surface area contributed by atoms with Gasteiger partial charge in [-0.3, -0.25) is 9.78 Å². The predicted molar refractivity (Wildman–Crippen MR) is 89.2 cm³/mol. The summed E-state index contributed by atoms with van der Waals surface area (Å²) in [4.78, 5) is 16.8. The number of fused-ring (bicyclic) bond motifs is 1. The Morgan fingerprint density at radius 1 is 1.30 bits per heavy atom. The minimum absolute atomic E-state index is 0.0633. The minimum atomic E-state index is -0.666. The molecule has 1 unspecified atom stereocenters. The molecule has 0 bridgehead atoms. The third-order valence-electron chi connectivity index (χ3n) is 3.74. The highest BCUT2D eigenvalue weighted by atomic mass is 35.5. The number of hydrogen-bond acceptors (Lipinski definition) is 3. The van der Waals surface area contributed by atoms with Crippen LogP contribution < -0.4 is 5.73 Å². The molecule has 1 aromatic heterocycles. The van der Waals surface area contributed by atoms with E-state index in [0.29, 0.717) is 16.5 Å². The van der Waals surface area contributed by atoms with Crippen LogP contribution >= 0.6 is 11.6 Å². The van der Waals surface area contributed by atoms with E-state index in [9.17, 15) is 9.18 Å². The van der Waals surface area contributed by atoms with Crippen molar-refractivity contribution in [2.45, 2.75) is 13.0 Å². The number of nitrogens with two attached hydrogens (primary N) is 1. The Kier molecular flexibility index (Phi) is 4.11. The second kappa shape index (κ2) is 6.07. The zero-order chi connectivity index (χ0) is 16.6. The lowest BCUT2D eigenvalue weighted by Gasteiger charge is -2.12. The van der Waals surface area contributed by atoms with Crippen LogP contribution in [0, 0.1) is 5.82 Å². The van der Waals surface area contributed by atoms with Gasteiger partial charge < -0.3 is 5.73 Å². The zero-order valence-corrected chi connectivity index (χ0v) is 13.1. The van der Waals surface area contributed by atoms with Gasteiger partial charge in [0.1, 0.15) is 5.82 Å². The number of halogens is 2. The van der Waals surface area contributed by atoms with Gasteiger partial charge in [-0.05, 0) is 36.1 Å². The van der Waals surface area contributed by atoms with E-state index in [1.165, 1.54) is 12.1 Å². The highest BCUT2D eigenvalue weighted by molar-refractivity contribution is 6.35. The maximum absolute atomic E-state index is 14.4. The molecule has 5 heteroatoms. The van der Waals surface area contributed by atoms with E-state index < -0.39 is 11.6 Å². The Bertz CT molecular complexity index is 880.